The Labute approximate surface area is 219 Å². The number of carbonyl (C=O) groups is 1. The van der Waals surface area contributed by atoms with Crippen molar-refractivity contribution < 1.29 is 4.79 Å². The highest BCUT2D eigenvalue weighted by atomic mass is 35.5. The summed E-state index contributed by atoms with van der Waals surface area (Å²) >= 11 is 12.1. The van der Waals surface area contributed by atoms with Gasteiger partial charge in [-0.15, -0.1) is 0 Å². The zero-order chi connectivity index (χ0) is 24.9. The van der Waals surface area contributed by atoms with Crippen LogP contribution >= 0.6 is 23.2 Å². The van der Waals surface area contributed by atoms with E-state index >= 15 is 0 Å². The third kappa shape index (κ3) is 5.10. The van der Waals surface area contributed by atoms with Crippen LogP contribution in [-0.4, -0.2) is 16.7 Å². The molecule has 0 unspecified atom stereocenters. The molecule has 1 heterocycles. The molecule has 0 bridgehead atoms. The summed E-state index contributed by atoms with van der Waals surface area (Å²) in [5.74, 6) is -0.315. The highest BCUT2D eigenvalue weighted by Gasteiger charge is 2.18. The van der Waals surface area contributed by atoms with Gasteiger partial charge in [-0.05, 0) is 65.7 Å². The zero-order valence-electron chi connectivity index (χ0n) is 19.1. The van der Waals surface area contributed by atoms with Crippen molar-refractivity contribution in [3.8, 4) is 28.2 Å². The number of nitrogens with one attached hydrogen (secondary N) is 1. The van der Waals surface area contributed by atoms with Crippen LogP contribution in [0.3, 0.4) is 0 Å². The van der Waals surface area contributed by atoms with Crippen LogP contribution in [0.4, 0.5) is 0 Å². The summed E-state index contributed by atoms with van der Waals surface area (Å²) < 4.78 is 2.18. The molecule has 1 N–H and O–H groups in total. The topological polar surface area (TPSA) is 46.4 Å². The number of hydrogen-bond donors (Lipinski definition) is 1. The van der Waals surface area contributed by atoms with E-state index in [-0.39, 0.29) is 5.91 Å². The summed E-state index contributed by atoms with van der Waals surface area (Å²) in [6, 6.07) is 36.7. The number of hydrogen-bond acceptors (Lipinski definition) is 2. The lowest BCUT2D eigenvalue weighted by Gasteiger charge is -2.15. The second-order valence-corrected chi connectivity index (χ2v) is 8.96. The lowest BCUT2D eigenvalue weighted by molar-refractivity contribution is 0.0955. The van der Waals surface area contributed by atoms with Crippen LogP contribution in [0.5, 0.6) is 0 Å². The summed E-state index contributed by atoms with van der Waals surface area (Å²) in [6.07, 6.45) is 1.68. The van der Waals surface area contributed by atoms with Crippen LogP contribution in [0, 0.1) is 0 Å². The highest BCUT2D eigenvalue weighted by Crippen LogP contribution is 2.35. The number of rotatable bonds is 6. The van der Waals surface area contributed by atoms with Crippen LogP contribution in [0.1, 0.15) is 15.9 Å². The van der Waals surface area contributed by atoms with E-state index in [9.17, 15) is 4.79 Å². The lowest BCUT2D eigenvalue weighted by Crippen LogP contribution is -2.17. The van der Waals surface area contributed by atoms with Crippen molar-refractivity contribution >= 4 is 35.3 Å². The van der Waals surface area contributed by atoms with Gasteiger partial charge in [-0.1, -0.05) is 83.9 Å². The van der Waals surface area contributed by atoms with Crippen LogP contribution in [0.2, 0.25) is 10.0 Å². The van der Waals surface area contributed by atoms with E-state index in [1.54, 1.807) is 30.5 Å². The first-order valence-corrected chi connectivity index (χ1v) is 12.1. The van der Waals surface area contributed by atoms with E-state index in [0.717, 1.165) is 33.8 Å². The fourth-order valence-electron chi connectivity index (χ4n) is 4.03. The predicted octanol–water partition coefficient (Wildman–Crippen LogP) is 7.88. The molecule has 1 amide bonds. The third-order valence-corrected chi connectivity index (χ3v) is 6.21. The molecule has 0 aliphatic heterocycles. The minimum absolute atomic E-state index is 0.315. The zero-order valence-corrected chi connectivity index (χ0v) is 20.6. The summed E-state index contributed by atoms with van der Waals surface area (Å²) in [7, 11) is 0. The molecule has 0 atom stereocenters. The van der Waals surface area contributed by atoms with Gasteiger partial charge in [0, 0.05) is 26.9 Å². The van der Waals surface area contributed by atoms with E-state index in [4.69, 9.17) is 23.2 Å². The van der Waals surface area contributed by atoms with E-state index in [2.05, 4.69) is 45.4 Å². The molecule has 0 fully saturated rings. The van der Waals surface area contributed by atoms with Crippen LogP contribution < -0.4 is 5.43 Å². The van der Waals surface area contributed by atoms with Crippen molar-refractivity contribution in [2.24, 2.45) is 5.10 Å². The normalized spacial score (nSPS) is 11.1. The number of hydrazone groups is 1. The molecule has 0 saturated carbocycles. The largest absolute Gasteiger partial charge is 0.309 e. The second-order valence-electron chi connectivity index (χ2n) is 8.08. The molecule has 4 nitrogen and oxygen atoms in total. The minimum atomic E-state index is -0.315. The van der Waals surface area contributed by atoms with Crippen molar-refractivity contribution in [3.05, 3.63) is 136 Å². The van der Waals surface area contributed by atoms with Crippen molar-refractivity contribution in [3.63, 3.8) is 0 Å². The molecular weight excluding hydrogens is 489 g/mol. The number of halogens is 2. The van der Waals surface area contributed by atoms with Gasteiger partial charge < -0.3 is 4.57 Å². The molecule has 0 aliphatic rings. The molecule has 4 aromatic carbocycles. The van der Waals surface area contributed by atoms with Crippen molar-refractivity contribution in [2.75, 3.05) is 0 Å². The molecule has 36 heavy (non-hydrogen) atoms. The van der Waals surface area contributed by atoms with Crippen LogP contribution in [-0.2, 0) is 0 Å². The summed E-state index contributed by atoms with van der Waals surface area (Å²) in [6.45, 7) is 0. The van der Waals surface area contributed by atoms with E-state index in [0.29, 0.717) is 15.6 Å². The number of benzene rings is 4. The Kier molecular flexibility index (Phi) is 6.99. The first-order chi connectivity index (χ1) is 17.6. The average Bonchev–Trinajstić information content (AvgIpc) is 3.30. The van der Waals surface area contributed by atoms with Crippen LogP contribution in [0.15, 0.2) is 120 Å². The fourth-order valence-corrected chi connectivity index (χ4v) is 4.28. The first kappa shape index (κ1) is 23.6. The maximum atomic E-state index is 12.6. The molecule has 0 spiro atoms. The fraction of sp³-hybridized carbons (Fsp3) is 0. The van der Waals surface area contributed by atoms with Crippen molar-refractivity contribution in [2.45, 2.75) is 0 Å². The maximum absolute atomic E-state index is 12.6. The summed E-state index contributed by atoms with van der Waals surface area (Å²) in [4.78, 5) is 12.6. The van der Waals surface area contributed by atoms with E-state index in [1.807, 2.05) is 60.7 Å². The smallest absolute Gasteiger partial charge is 0.271 e. The number of aromatic nitrogens is 1. The van der Waals surface area contributed by atoms with Crippen LogP contribution in [0.25, 0.3) is 28.2 Å². The van der Waals surface area contributed by atoms with Gasteiger partial charge in [0.2, 0.25) is 0 Å². The van der Waals surface area contributed by atoms with Crippen molar-refractivity contribution in [1.82, 2.24) is 9.99 Å². The number of carbonyl (C=O) groups excluding carboxylic acids is 1. The van der Waals surface area contributed by atoms with Crippen molar-refractivity contribution in [1.29, 1.82) is 0 Å². The molecule has 0 saturated heterocycles. The molecule has 5 rings (SSSR count). The standard InChI is InChI=1S/C30H21Cl2N3O/c31-25-13-11-23(12-14-25)30(36)34-33-20-24-19-28(21-7-3-1-4-8-21)35(27-17-15-26(32)16-18-27)29(24)22-9-5-2-6-10-22/h1-20H,(H,34,36)/b33-20-. The number of amides is 1. The highest BCUT2D eigenvalue weighted by molar-refractivity contribution is 6.30. The van der Waals surface area contributed by atoms with Gasteiger partial charge in [0.25, 0.3) is 5.91 Å². The quantitative estimate of drug-likeness (QED) is 0.183. The molecule has 6 heteroatoms. The Morgan fingerprint density at radius 2 is 1.28 bits per heavy atom. The predicted molar refractivity (Wildman–Crippen MR) is 148 cm³/mol. The molecule has 5 aromatic rings. The molecule has 0 aliphatic carbocycles. The number of nitrogens with zero attached hydrogens (tertiary/aromatic N) is 2. The Balaban J connectivity index is 1.62. The van der Waals surface area contributed by atoms with Gasteiger partial charge in [0.1, 0.15) is 0 Å². The second kappa shape index (κ2) is 10.6. The van der Waals surface area contributed by atoms with E-state index < -0.39 is 0 Å². The van der Waals surface area contributed by atoms with Gasteiger partial charge in [0.15, 0.2) is 0 Å². The SMILES string of the molecule is O=C(N/N=C\c1cc(-c2ccccc2)n(-c2ccc(Cl)cc2)c1-c1ccccc1)c1ccc(Cl)cc1. The van der Waals surface area contributed by atoms with Gasteiger partial charge in [-0.25, -0.2) is 5.43 Å². The molecule has 176 valence electrons. The van der Waals surface area contributed by atoms with Gasteiger partial charge in [0.05, 0.1) is 17.6 Å². The van der Waals surface area contributed by atoms with Gasteiger partial charge in [-0.2, -0.15) is 5.10 Å². The minimum Gasteiger partial charge on any atom is -0.309 e. The molecule has 0 radical (unpaired) electrons. The lowest BCUT2D eigenvalue weighted by atomic mass is 10.1. The first-order valence-electron chi connectivity index (χ1n) is 11.3. The maximum Gasteiger partial charge on any atom is 0.271 e. The summed E-state index contributed by atoms with van der Waals surface area (Å²) in [5, 5.41) is 5.53. The Morgan fingerprint density at radius 3 is 1.89 bits per heavy atom. The Hall–Kier alpha value is -4.12. The summed E-state index contributed by atoms with van der Waals surface area (Å²) in [5.41, 5.74) is 8.91. The third-order valence-electron chi connectivity index (χ3n) is 5.71. The Bertz CT molecular complexity index is 1510. The molecular formula is C30H21Cl2N3O. The van der Waals surface area contributed by atoms with E-state index in [1.165, 1.54) is 0 Å². The monoisotopic (exact) mass is 509 g/mol. The molecule has 1 aromatic heterocycles. The van der Waals surface area contributed by atoms with Gasteiger partial charge >= 0.3 is 0 Å². The van der Waals surface area contributed by atoms with Gasteiger partial charge in [-0.3, -0.25) is 4.79 Å². The average molecular weight is 510 g/mol. The Morgan fingerprint density at radius 1 is 0.722 bits per heavy atom.